The molecule has 0 aliphatic carbocycles. The number of aromatic nitrogens is 1. The van der Waals surface area contributed by atoms with Crippen LogP contribution in [0.3, 0.4) is 0 Å². The number of anilines is 1. The molecule has 3 heterocycles. The molecule has 2 atom stereocenters. The third-order valence-corrected chi connectivity index (χ3v) is 7.85. The van der Waals surface area contributed by atoms with Gasteiger partial charge in [0.2, 0.25) is 0 Å². The van der Waals surface area contributed by atoms with Crippen molar-refractivity contribution in [3.8, 4) is 11.5 Å². The average molecular weight is 550 g/mol. The number of rotatable bonds is 7. The van der Waals surface area contributed by atoms with E-state index in [0.29, 0.717) is 5.11 Å². The smallest absolute Gasteiger partial charge is 0.174 e. The molecule has 1 fully saturated rings. The van der Waals surface area contributed by atoms with Gasteiger partial charge in [0.1, 0.15) is 23.3 Å². The first-order valence-electron chi connectivity index (χ1n) is 12.7. The number of hydrogen-bond acceptors (Lipinski definition) is 5. The Balaban J connectivity index is 1.30. The van der Waals surface area contributed by atoms with Crippen LogP contribution in [0.1, 0.15) is 34.7 Å². The first-order chi connectivity index (χ1) is 19.0. The number of hydrogen-bond donors (Lipinski definition) is 1. The van der Waals surface area contributed by atoms with E-state index in [-0.39, 0.29) is 12.1 Å². The fourth-order valence-electron chi connectivity index (χ4n) is 4.61. The van der Waals surface area contributed by atoms with E-state index in [4.69, 9.17) is 21.4 Å². The van der Waals surface area contributed by atoms with Crippen molar-refractivity contribution >= 4 is 34.8 Å². The number of ether oxygens (including phenoxy) is 1. The van der Waals surface area contributed by atoms with Crippen molar-refractivity contribution < 1.29 is 9.15 Å². The Morgan fingerprint density at radius 2 is 1.49 bits per heavy atom. The Kier molecular flexibility index (Phi) is 7.09. The highest BCUT2D eigenvalue weighted by molar-refractivity contribution is 7.99. The van der Waals surface area contributed by atoms with Crippen LogP contribution in [-0.2, 0) is 0 Å². The summed E-state index contributed by atoms with van der Waals surface area (Å²) in [5, 5.41) is 4.93. The summed E-state index contributed by atoms with van der Waals surface area (Å²) in [6, 6.07) is 34.0. The molecule has 1 N–H and O–H groups in total. The first-order valence-corrected chi connectivity index (χ1v) is 14.0. The topological polar surface area (TPSA) is 50.5 Å². The lowest BCUT2D eigenvalue weighted by atomic mass is 10.0. The monoisotopic (exact) mass is 549 g/mol. The zero-order valence-corrected chi connectivity index (χ0v) is 23.2. The molecule has 3 aromatic carbocycles. The van der Waals surface area contributed by atoms with E-state index in [1.54, 1.807) is 18.0 Å². The van der Waals surface area contributed by atoms with Crippen LogP contribution in [0.4, 0.5) is 5.69 Å². The third-order valence-electron chi connectivity index (χ3n) is 6.60. The molecule has 0 unspecified atom stereocenters. The van der Waals surface area contributed by atoms with Gasteiger partial charge in [-0.2, -0.15) is 0 Å². The maximum Gasteiger partial charge on any atom is 0.174 e. The van der Waals surface area contributed by atoms with Gasteiger partial charge in [0.25, 0.3) is 0 Å². The Morgan fingerprint density at radius 3 is 2.15 bits per heavy atom. The number of aryl methyl sites for hydroxylation is 2. The van der Waals surface area contributed by atoms with Gasteiger partial charge in [0, 0.05) is 16.8 Å². The van der Waals surface area contributed by atoms with E-state index in [1.165, 1.54) is 11.1 Å². The molecule has 0 bridgehead atoms. The molecular weight excluding hydrogens is 523 g/mol. The second-order valence-corrected chi connectivity index (χ2v) is 10.9. The molecule has 0 radical (unpaired) electrons. The van der Waals surface area contributed by atoms with Gasteiger partial charge in [0.05, 0.1) is 11.7 Å². The van der Waals surface area contributed by atoms with E-state index in [0.717, 1.165) is 38.6 Å². The summed E-state index contributed by atoms with van der Waals surface area (Å²) in [7, 11) is 0. The van der Waals surface area contributed by atoms with Crippen molar-refractivity contribution in [3.05, 3.63) is 132 Å². The molecule has 194 valence electrons. The molecule has 7 heteroatoms. The van der Waals surface area contributed by atoms with Crippen LogP contribution < -0.4 is 15.0 Å². The van der Waals surface area contributed by atoms with Gasteiger partial charge in [0.15, 0.2) is 10.2 Å². The van der Waals surface area contributed by atoms with Crippen LogP contribution in [-0.4, -0.2) is 10.1 Å². The fraction of sp³-hybridized carbons (Fsp3) is 0.125. The van der Waals surface area contributed by atoms with Crippen molar-refractivity contribution in [2.75, 3.05) is 4.90 Å². The molecule has 5 aromatic rings. The zero-order chi connectivity index (χ0) is 26.8. The summed E-state index contributed by atoms with van der Waals surface area (Å²) >= 11 is 7.46. The van der Waals surface area contributed by atoms with E-state index in [9.17, 15) is 0 Å². The second kappa shape index (κ2) is 11.0. The van der Waals surface area contributed by atoms with Gasteiger partial charge in [-0.3, -0.25) is 4.98 Å². The second-order valence-electron chi connectivity index (χ2n) is 9.48. The van der Waals surface area contributed by atoms with Crippen LogP contribution >= 0.6 is 24.0 Å². The van der Waals surface area contributed by atoms with E-state index < -0.39 is 0 Å². The molecule has 5 nitrogen and oxygen atoms in total. The van der Waals surface area contributed by atoms with Crippen molar-refractivity contribution in [1.29, 1.82) is 0 Å². The molecule has 1 saturated heterocycles. The minimum absolute atomic E-state index is 0.175. The van der Waals surface area contributed by atoms with Crippen molar-refractivity contribution in [1.82, 2.24) is 10.3 Å². The Labute approximate surface area is 237 Å². The summed E-state index contributed by atoms with van der Waals surface area (Å²) < 4.78 is 12.5. The SMILES string of the molecule is Cc1ccc(Oc2ccc(N3C(=S)N[C@H](c4ccccn4)[C@H]3c3ccc(Sc4ccc(C)cc4)o3)cc2)cc1. The summed E-state index contributed by atoms with van der Waals surface area (Å²) in [4.78, 5) is 7.86. The lowest BCUT2D eigenvalue weighted by Crippen LogP contribution is -2.29. The van der Waals surface area contributed by atoms with E-state index in [1.807, 2.05) is 78.9 Å². The highest BCUT2D eigenvalue weighted by Crippen LogP contribution is 2.43. The van der Waals surface area contributed by atoms with Crippen molar-refractivity contribution in [2.24, 2.45) is 0 Å². The van der Waals surface area contributed by atoms with Crippen LogP contribution in [0.5, 0.6) is 11.5 Å². The molecule has 0 saturated carbocycles. The largest absolute Gasteiger partial charge is 0.457 e. The van der Waals surface area contributed by atoms with Crippen LogP contribution in [0.25, 0.3) is 0 Å². The third kappa shape index (κ3) is 5.55. The summed E-state index contributed by atoms with van der Waals surface area (Å²) in [5.41, 5.74) is 4.26. The van der Waals surface area contributed by atoms with Gasteiger partial charge in [-0.15, -0.1) is 0 Å². The van der Waals surface area contributed by atoms with Gasteiger partial charge in [-0.25, -0.2) is 0 Å². The number of furan rings is 1. The summed E-state index contributed by atoms with van der Waals surface area (Å²) in [6.07, 6.45) is 1.80. The number of pyridine rings is 1. The minimum atomic E-state index is -0.219. The van der Waals surface area contributed by atoms with Gasteiger partial charge in [-0.05, 0) is 98.9 Å². The number of nitrogens with zero attached hydrogens (tertiary/aromatic N) is 2. The molecule has 6 rings (SSSR count). The zero-order valence-electron chi connectivity index (χ0n) is 21.6. The molecular formula is C32H27N3O2S2. The minimum Gasteiger partial charge on any atom is -0.457 e. The Hall–Kier alpha value is -4.07. The van der Waals surface area contributed by atoms with Crippen molar-refractivity contribution in [2.45, 2.75) is 35.9 Å². The highest BCUT2D eigenvalue weighted by atomic mass is 32.2. The molecule has 0 spiro atoms. The molecule has 2 aromatic heterocycles. The Bertz CT molecular complexity index is 1570. The Morgan fingerprint density at radius 1 is 0.821 bits per heavy atom. The van der Waals surface area contributed by atoms with Crippen LogP contribution in [0.2, 0.25) is 0 Å². The maximum atomic E-state index is 6.44. The normalized spacial score (nSPS) is 16.8. The fourth-order valence-corrected chi connectivity index (χ4v) is 5.73. The van der Waals surface area contributed by atoms with Crippen molar-refractivity contribution in [3.63, 3.8) is 0 Å². The molecule has 0 amide bonds. The van der Waals surface area contributed by atoms with Crippen LogP contribution in [0.15, 0.2) is 124 Å². The van der Waals surface area contributed by atoms with E-state index >= 15 is 0 Å². The average Bonchev–Trinajstić information content (AvgIpc) is 3.56. The maximum absolute atomic E-state index is 6.44. The molecule has 1 aliphatic heterocycles. The number of thiocarbonyl (C=S) groups is 1. The number of benzene rings is 3. The lowest BCUT2D eigenvalue weighted by molar-refractivity contribution is 0.383. The highest BCUT2D eigenvalue weighted by Gasteiger charge is 2.42. The first kappa shape index (κ1) is 25.2. The molecule has 1 aliphatic rings. The lowest BCUT2D eigenvalue weighted by Gasteiger charge is -2.26. The molecule has 39 heavy (non-hydrogen) atoms. The predicted molar refractivity (Wildman–Crippen MR) is 160 cm³/mol. The summed E-state index contributed by atoms with van der Waals surface area (Å²) in [5.74, 6) is 2.37. The quantitative estimate of drug-likeness (QED) is 0.205. The standard InChI is InChI=1S/C32H27N3O2S2/c1-21-6-12-24(13-7-21)36-25-14-10-23(11-15-25)35-31(30(34-32(35)38)27-5-3-4-20-33-27)28-18-19-29(37-28)39-26-16-8-22(2)9-17-26/h3-20,30-31H,1-2H3,(H,34,38)/t30-,31-/m1/s1. The van der Waals surface area contributed by atoms with Gasteiger partial charge >= 0.3 is 0 Å². The van der Waals surface area contributed by atoms with Gasteiger partial charge in [-0.1, -0.05) is 53.2 Å². The number of nitrogens with one attached hydrogen (secondary N) is 1. The van der Waals surface area contributed by atoms with Crippen LogP contribution in [0, 0.1) is 13.8 Å². The van der Waals surface area contributed by atoms with Gasteiger partial charge < -0.3 is 19.4 Å². The predicted octanol–water partition coefficient (Wildman–Crippen LogP) is 8.41. The summed E-state index contributed by atoms with van der Waals surface area (Å²) in [6.45, 7) is 4.15. The van der Waals surface area contributed by atoms with E-state index in [2.05, 4.69) is 53.3 Å².